The molecular formula is C18H37N4O5P. The lowest BCUT2D eigenvalue weighted by atomic mass is 9.90. The van der Waals surface area contributed by atoms with Crippen LogP contribution in [0.1, 0.15) is 52.9 Å². The molecule has 0 unspecified atom stereocenters. The average molecular weight is 420 g/mol. The topological polar surface area (TPSA) is 140 Å². The summed E-state index contributed by atoms with van der Waals surface area (Å²) in [4.78, 5) is 44.3. The van der Waals surface area contributed by atoms with Crippen molar-refractivity contribution >= 4 is 19.4 Å². The molecule has 3 atom stereocenters. The molecule has 10 heteroatoms. The number of amides is 2. The van der Waals surface area contributed by atoms with Gasteiger partial charge in [0.25, 0.3) is 0 Å². The van der Waals surface area contributed by atoms with E-state index in [4.69, 9.17) is 0 Å². The highest BCUT2D eigenvalue weighted by Gasteiger charge is 2.34. The van der Waals surface area contributed by atoms with Crippen molar-refractivity contribution < 1.29 is 23.9 Å². The van der Waals surface area contributed by atoms with Gasteiger partial charge in [0.2, 0.25) is 11.8 Å². The van der Waals surface area contributed by atoms with E-state index in [-0.39, 0.29) is 18.2 Å². The van der Waals surface area contributed by atoms with E-state index in [2.05, 4.69) is 21.3 Å². The van der Waals surface area contributed by atoms with Crippen molar-refractivity contribution in [3.8, 4) is 0 Å². The van der Waals surface area contributed by atoms with E-state index in [1.165, 1.54) is 7.05 Å². The molecule has 1 aliphatic heterocycles. The first kappa shape index (κ1) is 25.0. The maximum atomic E-state index is 12.9. The van der Waals surface area contributed by atoms with Gasteiger partial charge in [0, 0.05) is 7.05 Å². The van der Waals surface area contributed by atoms with Crippen molar-refractivity contribution in [2.75, 3.05) is 20.1 Å². The lowest BCUT2D eigenvalue weighted by Gasteiger charge is -2.30. The van der Waals surface area contributed by atoms with E-state index in [1.54, 1.807) is 6.92 Å². The average Bonchev–Trinajstić information content (AvgIpc) is 2.63. The van der Waals surface area contributed by atoms with Crippen molar-refractivity contribution in [2.24, 2.45) is 11.8 Å². The number of carbonyl (C=O) groups is 2. The van der Waals surface area contributed by atoms with Gasteiger partial charge in [0.15, 0.2) is 0 Å². The molecule has 1 aliphatic rings. The normalized spacial score (nSPS) is 19.1. The molecule has 0 aromatic heterocycles. The van der Waals surface area contributed by atoms with Crippen LogP contribution in [0, 0.1) is 11.8 Å². The first-order valence-electron chi connectivity index (χ1n) is 10.1. The number of piperidine rings is 1. The lowest BCUT2D eigenvalue weighted by Crippen LogP contribution is -2.55. The molecule has 6 N–H and O–H groups in total. The van der Waals surface area contributed by atoms with Crippen molar-refractivity contribution in [1.82, 2.24) is 21.3 Å². The Labute approximate surface area is 168 Å². The summed E-state index contributed by atoms with van der Waals surface area (Å²) < 4.78 is 11.7. The molecular weight excluding hydrogens is 383 g/mol. The zero-order chi connectivity index (χ0) is 21.3. The molecule has 164 valence electrons. The van der Waals surface area contributed by atoms with Gasteiger partial charge in [-0.3, -0.25) is 19.5 Å². The quantitative estimate of drug-likeness (QED) is 0.268. The Hall–Kier alpha value is -0.990. The van der Waals surface area contributed by atoms with Gasteiger partial charge in [0.05, 0.1) is 6.04 Å². The van der Waals surface area contributed by atoms with Crippen LogP contribution in [0.25, 0.3) is 0 Å². The number of carbonyl (C=O) groups excluding carboxylic acids is 2. The van der Waals surface area contributed by atoms with E-state index in [0.29, 0.717) is 18.8 Å². The summed E-state index contributed by atoms with van der Waals surface area (Å²) >= 11 is 0. The summed E-state index contributed by atoms with van der Waals surface area (Å²) in [5.41, 5.74) is 0. The zero-order valence-electron chi connectivity index (χ0n) is 17.4. The van der Waals surface area contributed by atoms with Gasteiger partial charge in [-0.1, -0.05) is 20.8 Å². The van der Waals surface area contributed by atoms with Gasteiger partial charge in [0.1, 0.15) is 11.8 Å². The summed E-state index contributed by atoms with van der Waals surface area (Å²) in [6, 6.07) is -1.44. The van der Waals surface area contributed by atoms with Gasteiger partial charge in [-0.05, 0) is 57.0 Å². The van der Waals surface area contributed by atoms with Crippen LogP contribution in [0.2, 0.25) is 0 Å². The number of likely N-dealkylation sites (N-methyl/N-ethyl adjacent to an activating group) is 1. The molecule has 1 fully saturated rings. The number of hydrogen-bond donors (Lipinski definition) is 6. The molecule has 1 heterocycles. The van der Waals surface area contributed by atoms with Crippen LogP contribution in [0.15, 0.2) is 0 Å². The minimum absolute atomic E-state index is 0.139. The second-order valence-electron chi connectivity index (χ2n) is 7.97. The number of rotatable bonds is 11. The fourth-order valence-electron chi connectivity index (χ4n) is 3.54. The molecule has 9 nitrogen and oxygen atoms in total. The third-order valence-electron chi connectivity index (χ3n) is 5.12. The SMILES string of the molecule is CC[C@H](N[C@@H](CC(C)C)C(=O)N[C@H](CC1CCNCC1)C(=O)NC)P(=O)(O)O. The van der Waals surface area contributed by atoms with Crippen LogP contribution in [-0.2, 0) is 14.2 Å². The molecule has 0 bridgehead atoms. The van der Waals surface area contributed by atoms with Crippen LogP contribution in [0.4, 0.5) is 0 Å². The van der Waals surface area contributed by atoms with Crippen LogP contribution < -0.4 is 21.3 Å². The third kappa shape index (κ3) is 8.57. The summed E-state index contributed by atoms with van der Waals surface area (Å²) in [6.45, 7) is 7.33. The third-order valence-corrected chi connectivity index (χ3v) is 6.44. The summed E-state index contributed by atoms with van der Waals surface area (Å²) in [5.74, 6) is -1.26. The van der Waals surface area contributed by atoms with Crippen molar-refractivity contribution in [3.05, 3.63) is 0 Å². The lowest BCUT2D eigenvalue weighted by molar-refractivity contribution is -0.130. The molecule has 0 aromatic carbocycles. The Morgan fingerprint density at radius 2 is 1.75 bits per heavy atom. The molecule has 0 aromatic rings. The fourth-order valence-corrected chi connectivity index (χ4v) is 4.39. The molecule has 0 saturated carbocycles. The Morgan fingerprint density at radius 1 is 1.14 bits per heavy atom. The minimum Gasteiger partial charge on any atom is -0.357 e. The molecule has 28 heavy (non-hydrogen) atoms. The highest BCUT2D eigenvalue weighted by molar-refractivity contribution is 7.52. The van der Waals surface area contributed by atoms with E-state index in [9.17, 15) is 23.9 Å². The maximum absolute atomic E-state index is 12.9. The van der Waals surface area contributed by atoms with Gasteiger partial charge in [-0.25, -0.2) is 0 Å². The first-order chi connectivity index (χ1) is 13.1. The molecule has 0 aliphatic carbocycles. The second kappa shape index (κ2) is 11.9. The first-order valence-corrected chi connectivity index (χ1v) is 11.8. The van der Waals surface area contributed by atoms with Gasteiger partial charge in [-0.15, -0.1) is 0 Å². The van der Waals surface area contributed by atoms with Crippen LogP contribution in [0.3, 0.4) is 0 Å². The van der Waals surface area contributed by atoms with E-state index >= 15 is 0 Å². The monoisotopic (exact) mass is 420 g/mol. The van der Waals surface area contributed by atoms with Gasteiger partial charge < -0.3 is 25.7 Å². The fraction of sp³-hybridized carbons (Fsp3) is 0.889. The number of hydrogen-bond acceptors (Lipinski definition) is 5. The summed E-state index contributed by atoms with van der Waals surface area (Å²) in [5, 5.41) is 11.5. The summed E-state index contributed by atoms with van der Waals surface area (Å²) in [7, 11) is -2.84. The minimum atomic E-state index is -4.38. The van der Waals surface area contributed by atoms with Crippen molar-refractivity contribution in [1.29, 1.82) is 0 Å². The maximum Gasteiger partial charge on any atom is 0.342 e. The van der Waals surface area contributed by atoms with Crippen LogP contribution in [0.5, 0.6) is 0 Å². The zero-order valence-corrected chi connectivity index (χ0v) is 18.3. The Morgan fingerprint density at radius 3 is 2.21 bits per heavy atom. The second-order valence-corrected chi connectivity index (χ2v) is 9.77. The molecule has 0 radical (unpaired) electrons. The molecule has 2 amide bonds. The van der Waals surface area contributed by atoms with Crippen LogP contribution >= 0.6 is 7.60 Å². The van der Waals surface area contributed by atoms with Gasteiger partial charge >= 0.3 is 7.60 Å². The van der Waals surface area contributed by atoms with Crippen molar-refractivity contribution in [3.63, 3.8) is 0 Å². The smallest absolute Gasteiger partial charge is 0.342 e. The molecule has 1 rings (SSSR count). The predicted molar refractivity (Wildman–Crippen MR) is 109 cm³/mol. The number of nitrogens with one attached hydrogen (secondary N) is 4. The van der Waals surface area contributed by atoms with E-state index < -0.39 is 31.4 Å². The molecule has 1 saturated heterocycles. The molecule has 0 spiro atoms. The predicted octanol–water partition coefficient (Wildman–Crippen LogP) is 0.525. The highest BCUT2D eigenvalue weighted by Crippen LogP contribution is 2.41. The largest absolute Gasteiger partial charge is 0.357 e. The van der Waals surface area contributed by atoms with E-state index in [1.807, 2.05) is 13.8 Å². The highest BCUT2D eigenvalue weighted by atomic mass is 31.2. The van der Waals surface area contributed by atoms with Crippen LogP contribution in [-0.4, -0.2) is 59.6 Å². The standard InChI is InChI=1S/C18H37N4O5P/c1-5-16(28(25,26)27)21-14(10-12(2)3)18(24)22-15(17(23)19-4)11-13-6-8-20-9-7-13/h12-16,20-21H,5-11H2,1-4H3,(H,19,23)(H,22,24)(H2,25,26,27)/t14-,15+,16+/m0/s1. The summed E-state index contributed by atoms with van der Waals surface area (Å²) in [6.07, 6.45) is 3.06. The Balaban J connectivity index is 2.87. The Kier molecular flexibility index (Phi) is 10.6. The van der Waals surface area contributed by atoms with Crippen molar-refractivity contribution in [2.45, 2.75) is 70.7 Å². The van der Waals surface area contributed by atoms with E-state index in [0.717, 1.165) is 25.9 Å². The Bertz CT molecular complexity index is 548. The van der Waals surface area contributed by atoms with Gasteiger partial charge in [-0.2, -0.15) is 0 Å².